The van der Waals surface area contributed by atoms with Crippen LogP contribution in [0.3, 0.4) is 0 Å². The molecule has 0 bridgehead atoms. The first kappa shape index (κ1) is 9.71. The van der Waals surface area contributed by atoms with Gasteiger partial charge in [0.2, 0.25) is 0 Å². The van der Waals surface area contributed by atoms with E-state index < -0.39 is 0 Å². The summed E-state index contributed by atoms with van der Waals surface area (Å²) in [6, 6.07) is 5.49. The minimum absolute atomic E-state index is 0.452. The molecule has 0 radical (unpaired) electrons. The zero-order chi connectivity index (χ0) is 9.84. The molecule has 13 heavy (non-hydrogen) atoms. The third-order valence-corrected chi connectivity index (χ3v) is 1.97. The lowest BCUT2D eigenvalue weighted by Crippen LogP contribution is -2.01. The van der Waals surface area contributed by atoms with Crippen molar-refractivity contribution in [2.24, 2.45) is 0 Å². The van der Waals surface area contributed by atoms with Crippen LogP contribution in [0.15, 0.2) is 18.2 Å². The summed E-state index contributed by atoms with van der Waals surface area (Å²) < 4.78 is 6.00. The van der Waals surface area contributed by atoms with E-state index in [1.54, 1.807) is 13.2 Å². The van der Waals surface area contributed by atoms with Crippen LogP contribution in [0.2, 0.25) is 0 Å². The molecule has 3 nitrogen and oxygen atoms in total. The second-order valence-electron chi connectivity index (χ2n) is 2.85. The van der Waals surface area contributed by atoms with E-state index in [4.69, 9.17) is 4.74 Å². The molecule has 0 aliphatic carbocycles. The summed E-state index contributed by atoms with van der Waals surface area (Å²) in [4.78, 5) is 11.4. The average molecular weight is 180 g/mol. The topological polar surface area (TPSA) is 29.3 Å². The molecule has 0 saturated heterocycles. The van der Waals surface area contributed by atoms with Crippen molar-refractivity contribution in [2.75, 3.05) is 13.7 Å². The Hall–Kier alpha value is -1.38. The lowest BCUT2D eigenvalue weighted by molar-refractivity contribution is -0.459. The van der Waals surface area contributed by atoms with Gasteiger partial charge in [0.05, 0.1) is 13.2 Å². The fraction of sp³-hybridized carbons (Fsp3) is 0.400. The van der Waals surface area contributed by atoms with Crippen LogP contribution < -0.4 is 4.74 Å². The van der Waals surface area contributed by atoms with Crippen LogP contribution in [0.4, 0.5) is 5.69 Å². The number of methoxy groups -OCH3 is 1. The van der Waals surface area contributed by atoms with Crippen molar-refractivity contribution in [3.8, 4) is 5.75 Å². The molecule has 0 fully saturated rings. The Kier molecular flexibility index (Phi) is 3.01. The van der Waals surface area contributed by atoms with Gasteiger partial charge in [-0.05, 0) is 26.0 Å². The fourth-order valence-electron chi connectivity index (χ4n) is 1.16. The highest BCUT2D eigenvalue weighted by atomic mass is 16.5. The first-order valence-corrected chi connectivity index (χ1v) is 4.28. The molecule has 1 aromatic rings. The first-order valence-electron chi connectivity index (χ1n) is 4.28. The smallest absolute Gasteiger partial charge is 0.262 e. The molecular formula is C10H14NO2+. The lowest BCUT2D eigenvalue weighted by atomic mass is 10.2. The molecule has 0 N–H and O–H groups in total. The summed E-state index contributed by atoms with van der Waals surface area (Å²) in [5, 5.41) is 0. The number of hydrogen-bond donors (Lipinski definition) is 0. The van der Waals surface area contributed by atoms with Gasteiger partial charge < -0.3 is 4.74 Å². The zero-order valence-electron chi connectivity index (χ0n) is 8.20. The maximum atomic E-state index is 11.4. The molecule has 70 valence electrons. The minimum atomic E-state index is 0.452. The highest BCUT2D eigenvalue weighted by Gasteiger charge is 2.14. The summed E-state index contributed by atoms with van der Waals surface area (Å²) in [6.07, 6.45) is 0. The number of nitrogens with zero attached hydrogens (tertiary/aromatic N) is 1. The first-order chi connectivity index (χ1) is 6.19. The van der Waals surface area contributed by atoms with Crippen molar-refractivity contribution in [1.29, 1.82) is 0 Å². The summed E-state index contributed by atoms with van der Waals surface area (Å²) in [5.74, 6) is 0.718. The Labute approximate surface area is 77.9 Å². The van der Waals surface area contributed by atoms with E-state index in [1.807, 2.05) is 26.0 Å². The second-order valence-corrected chi connectivity index (χ2v) is 2.85. The van der Waals surface area contributed by atoms with E-state index >= 15 is 0 Å². The lowest BCUT2D eigenvalue weighted by Gasteiger charge is -2.00. The van der Waals surface area contributed by atoms with E-state index in [2.05, 4.69) is 0 Å². The summed E-state index contributed by atoms with van der Waals surface area (Å²) in [7, 11) is 1.59. The van der Waals surface area contributed by atoms with E-state index in [0.29, 0.717) is 12.2 Å². The fourth-order valence-corrected chi connectivity index (χ4v) is 1.16. The number of hydrogen-bond acceptors (Lipinski definition) is 2. The van der Waals surface area contributed by atoms with E-state index in [-0.39, 0.29) is 0 Å². The van der Waals surface area contributed by atoms with Crippen molar-refractivity contribution in [3.63, 3.8) is 0 Å². The Bertz CT molecular complexity index is 321. The predicted molar refractivity (Wildman–Crippen MR) is 51.6 cm³/mol. The van der Waals surface area contributed by atoms with E-state index in [1.165, 1.54) is 0 Å². The van der Waals surface area contributed by atoms with Gasteiger partial charge in [0, 0.05) is 15.2 Å². The number of aryl methyl sites for hydroxylation is 1. The SMILES string of the molecule is CC[N+](=O)c1cc(OC)ccc1C. The van der Waals surface area contributed by atoms with Crippen molar-refractivity contribution in [3.05, 3.63) is 28.7 Å². The van der Waals surface area contributed by atoms with Crippen LogP contribution in [-0.2, 0) is 0 Å². The molecule has 1 aromatic carbocycles. The Morgan fingerprint density at radius 1 is 1.46 bits per heavy atom. The molecule has 0 aliphatic heterocycles. The maximum Gasteiger partial charge on any atom is 0.262 e. The third-order valence-electron chi connectivity index (χ3n) is 1.97. The number of benzene rings is 1. The van der Waals surface area contributed by atoms with Gasteiger partial charge >= 0.3 is 0 Å². The molecule has 0 atom stereocenters. The van der Waals surface area contributed by atoms with Gasteiger partial charge in [-0.2, -0.15) is 0 Å². The van der Waals surface area contributed by atoms with Gasteiger partial charge in [-0.25, -0.2) is 0 Å². The van der Waals surface area contributed by atoms with Crippen molar-refractivity contribution in [1.82, 2.24) is 0 Å². The van der Waals surface area contributed by atoms with Crippen LogP contribution >= 0.6 is 0 Å². The van der Waals surface area contributed by atoms with Gasteiger partial charge in [0.25, 0.3) is 5.69 Å². The van der Waals surface area contributed by atoms with Crippen LogP contribution in [0.25, 0.3) is 0 Å². The molecule has 1 rings (SSSR count). The highest BCUT2D eigenvalue weighted by molar-refractivity contribution is 5.44. The molecule has 0 heterocycles. The second kappa shape index (κ2) is 4.03. The van der Waals surface area contributed by atoms with Crippen molar-refractivity contribution in [2.45, 2.75) is 13.8 Å². The maximum absolute atomic E-state index is 11.4. The quantitative estimate of drug-likeness (QED) is 0.668. The van der Waals surface area contributed by atoms with Crippen molar-refractivity contribution >= 4 is 5.69 Å². The minimum Gasteiger partial charge on any atom is -0.497 e. The largest absolute Gasteiger partial charge is 0.497 e. The van der Waals surface area contributed by atoms with Gasteiger partial charge in [-0.15, -0.1) is 0 Å². The van der Waals surface area contributed by atoms with Gasteiger partial charge in [-0.1, -0.05) is 0 Å². The molecule has 0 amide bonds. The van der Waals surface area contributed by atoms with E-state index in [9.17, 15) is 4.91 Å². The number of ether oxygens (including phenoxy) is 1. The third kappa shape index (κ3) is 2.05. The zero-order valence-corrected chi connectivity index (χ0v) is 8.20. The molecule has 3 heteroatoms. The number of nitroso groups, excluding NO2 is 1. The van der Waals surface area contributed by atoms with Gasteiger partial charge in [-0.3, -0.25) is 0 Å². The number of rotatable bonds is 3. The molecule has 0 spiro atoms. The Morgan fingerprint density at radius 2 is 2.15 bits per heavy atom. The summed E-state index contributed by atoms with van der Waals surface area (Å²) >= 11 is 0. The Morgan fingerprint density at radius 3 is 2.69 bits per heavy atom. The highest BCUT2D eigenvalue weighted by Crippen LogP contribution is 2.23. The average Bonchev–Trinajstić information content (AvgIpc) is 2.17. The van der Waals surface area contributed by atoms with Gasteiger partial charge in [0.1, 0.15) is 5.75 Å². The molecule has 0 saturated carbocycles. The predicted octanol–water partition coefficient (Wildman–Crippen LogP) is 2.43. The normalized spacial score (nSPS) is 9.77. The van der Waals surface area contributed by atoms with Crippen LogP contribution in [0, 0.1) is 11.8 Å². The summed E-state index contributed by atoms with van der Waals surface area (Å²) in [6.45, 7) is 4.19. The van der Waals surface area contributed by atoms with Gasteiger partial charge in [0.15, 0.2) is 6.54 Å². The van der Waals surface area contributed by atoms with Crippen LogP contribution in [-0.4, -0.2) is 18.4 Å². The van der Waals surface area contributed by atoms with Crippen molar-refractivity contribution < 1.29 is 9.50 Å². The standard InChI is InChI=1S/C10H14NO2/c1-4-11(12)10-7-9(13-3)6-5-8(10)2/h5-7H,4H2,1-3H3/q+1. The summed E-state index contributed by atoms with van der Waals surface area (Å²) in [5.41, 5.74) is 1.65. The monoisotopic (exact) mass is 180 g/mol. The molecule has 0 unspecified atom stereocenters. The van der Waals surface area contributed by atoms with Crippen LogP contribution in [0.1, 0.15) is 12.5 Å². The molecule has 0 aromatic heterocycles. The Balaban J connectivity index is 3.11. The molecular weight excluding hydrogens is 166 g/mol. The molecule has 0 aliphatic rings. The van der Waals surface area contributed by atoms with Crippen LogP contribution in [0.5, 0.6) is 5.75 Å². The van der Waals surface area contributed by atoms with E-state index in [0.717, 1.165) is 16.1 Å².